The predicted molar refractivity (Wildman–Crippen MR) is 57.8 cm³/mol. The smallest absolute Gasteiger partial charge is 0.250 e. The van der Waals surface area contributed by atoms with Gasteiger partial charge in [0.1, 0.15) is 18.2 Å². The number of rotatable bonds is 4. The van der Waals surface area contributed by atoms with Gasteiger partial charge in [0.25, 0.3) is 0 Å². The first-order valence-corrected chi connectivity index (χ1v) is 4.89. The molecule has 5 heteroatoms. The Bertz CT molecular complexity index is 379. The number of nitrogens with one attached hydrogen (secondary N) is 1. The van der Waals surface area contributed by atoms with Crippen LogP contribution in [0.2, 0.25) is 0 Å². The van der Waals surface area contributed by atoms with Crippen molar-refractivity contribution < 1.29 is 19.0 Å². The van der Waals surface area contributed by atoms with Gasteiger partial charge in [0, 0.05) is 6.07 Å². The number of halogens is 1. The highest BCUT2D eigenvalue weighted by Crippen LogP contribution is 2.19. The molecule has 0 fully saturated rings. The minimum atomic E-state index is -0.683. The van der Waals surface area contributed by atoms with Gasteiger partial charge >= 0.3 is 0 Å². The maximum absolute atomic E-state index is 13.2. The number of phenolic OH excluding ortho intramolecular Hbond substituents is 1. The lowest BCUT2D eigenvalue weighted by Gasteiger charge is -2.09. The van der Waals surface area contributed by atoms with Crippen LogP contribution in [0.25, 0.3) is 0 Å². The average Bonchev–Trinajstić information content (AvgIpc) is 2.19. The Morgan fingerprint density at radius 2 is 2.25 bits per heavy atom. The van der Waals surface area contributed by atoms with Gasteiger partial charge in [-0.1, -0.05) is 0 Å². The first-order valence-electron chi connectivity index (χ1n) is 4.89. The third-order valence-corrected chi connectivity index (χ3v) is 1.77. The lowest BCUT2D eigenvalue weighted by atomic mass is 10.3. The number of aromatic hydroxyl groups is 1. The van der Waals surface area contributed by atoms with Gasteiger partial charge in [0.2, 0.25) is 5.91 Å². The van der Waals surface area contributed by atoms with E-state index in [9.17, 15) is 9.18 Å². The van der Waals surface area contributed by atoms with Crippen LogP contribution >= 0.6 is 0 Å². The Labute approximate surface area is 93.0 Å². The van der Waals surface area contributed by atoms with Crippen LogP contribution in [0.3, 0.4) is 0 Å². The summed E-state index contributed by atoms with van der Waals surface area (Å²) in [5, 5.41) is 11.3. The maximum Gasteiger partial charge on any atom is 0.250 e. The van der Waals surface area contributed by atoms with Crippen LogP contribution < -0.4 is 5.32 Å². The van der Waals surface area contributed by atoms with Crippen LogP contribution in [-0.4, -0.2) is 23.7 Å². The molecule has 1 aromatic carbocycles. The van der Waals surface area contributed by atoms with Gasteiger partial charge in [0.05, 0.1) is 11.8 Å². The number of benzene rings is 1. The number of hydrogen-bond acceptors (Lipinski definition) is 3. The van der Waals surface area contributed by atoms with E-state index in [4.69, 9.17) is 9.84 Å². The summed E-state index contributed by atoms with van der Waals surface area (Å²) in [6, 6.07) is 3.51. The van der Waals surface area contributed by atoms with Crippen LogP contribution in [0.15, 0.2) is 18.2 Å². The predicted octanol–water partition coefficient (Wildman–Crippen LogP) is 1.89. The molecule has 4 nitrogen and oxygen atoms in total. The summed E-state index contributed by atoms with van der Waals surface area (Å²) in [7, 11) is 0. The average molecular weight is 227 g/mol. The highest BCUT2D eigenvalue weighted by Gasteiger charge is 2.08. The van der Waals surface area contributed by atoms with E-state index in [1.54, 1.807) is 13.8 Å². The summed E-state index contributed by atoms with van der Waals surface area (Å²) < 4.78 is 18.2. The van der Waals surface area contributed by atoms with E-state index in [-0.39, 0.29) is 24.1 Å². The van der Waals surface area contributed by atoms with Gasteiger partial charge in [-0.2, -0.15) is 0 Å². The quantitative estimate of drug-likeness (QED) is 0.772. The lowest BCUT2D eigenvalue weighted by molar-refractivity contribution is -0.121. The van der Waals surface area contributed by atoms with Gasteiger partial charge in [-0.25, -0.2) is 4.39 Å². The molecule has 0 heterocycles. The minimum absolute atomic E-state index is 0.0233. The van der Waals surface area contributed by atoms with Crippen molar-refractivity contribution in [2.45, 2.75) is 20.0 Å². The van der Waals surface area contributed by atoms with Crippen LogP contribution in [-0.2, 0) is 9.53 Å². The second-order valence-electron chi connectivity index (χ2n) is 3.57. The van der Waals surface area contributed by atoms with Crippen molar-refractivity contribution >= 4 is 11.6 Å². The number of carbonyl (C=O) groups is 1. The molecule has 0 saturated heterocycles. The molecular weight excluding hydrogens is 213 g/mol. The zero-order valence-corrected chi connectivity index (χ0v) is 9.16. The van der Waals surface area contributed by atoms with Crippen molar-refractivity contribution in [1.82, 2.24) is 0 Å². The third kappa shape index (κ3) is 3.86. The van der Waals surface area contributed by atoms with E-state index in [2.05, 4.69) is 5.32 Å². The molecule has 0 atom stereocenters. The normalized spacial score (nSPS) is 10.5. The molecule has 0 aliphatic heterocycles. The van der Waals surface area contributed by atoms with Crippen LogP contribution in [0.5, 0.6) is 5.75 Å². The molecule has 0 aromatic heterocycles. The number of carbonyl (C=O) groups excluding carboxylic acids is 1. The molecule has 1 aromatic rings. The molecule has 0 bridgehead atoms. The Morgan fingerprint density at radius 3 is 2.81 bits per heavy atom. The Kier molecular flexibility index (Phi) is 4.25. The van der Waals surface area contributed by atoms with Gasteiger partial charge in [-0.3, -0.25) is 4.79 Å². The molecular formula is C11H14FNO3. The van der Waals surface area contributed by atoms with Crippen LogP contribution in [0.1, 0.15) is 13.8 Å². The van der Waals surface area contributed by atoms with Gasteiger partial charge in [-0.15, -0.1) is 0 Å². The molecule has 0 aliphatic rings. The van der Waals surface area contributed by atoms with Crippen molar-refractivity contribution in [1.29, 1.82) is 0 Å². The topological polar surface area (TPSA) is 58.6 Å². The van der Waals surface area contributed by atoms with Crippen LogP contribution in [0.4, 0.5) is 10.1 Å². The standard InChI is InChI=1S/C11H14FNO3/c1-7(2)16-6-11(15)13-10-4-3-8(14)5-9(10)12/h3-5,7,14H,6H2,1-2H3,(H,13,15). The molecule has 1 rings (SSSR count). The van der Waals surface area contributed by atoms with Gasteiger partial charge < -0.3 is 15.2 Å². The van der Waals surface area contributed by atoms with Crippen molar-refractivity contribution in [2.24, 2.45) is 0 Å². The molecule has 16 heavy (non-hydrogen) atoms. The lowest BCUT2D eigenvalue weighted by Crippen LogP contribution is -2.21. The fraction of sp³-hybridized carbons (Fsp3) is 0.364. The Hall–Kier alpha value is -1.62. The highest BCUT2D eigenvalue weighted by molar-refractivity contribution is 5.91. The number of phenols is 1. The SMILES string of the molecule is CC(C)OCC(=O)Nc1ccc(O)cc1F. The largest absolute Gasteiger partial charge is 0.508 e. The zero-order chi connectivity index (χ0) is 12.1. The van der Waals surface area contributed by atoms with Crippen molar-refractivity contribution in [2.75, 3.05) is 11.9 Å². The van der Waals surface area contributed by atoms with E-state index >= 15 is 0 Å². The second-order valence-corrected chi connectivity index (χ2v) is 3.57. The molecule has 2 N–H and O–H groups in total. The number of anilines is 1. The summed E-state index contributed by atoms with van der Waals surface area (Å²) in [4.78, 5) is 11.3. The summed E-state index contributed by atoms with van der Waals surface area (Å²) in [6.45, 7) is 3.47. The fourth-order valence-corrected chi connectivity index (χ4v) is 1.03. The Morgan fingerprint density at radius 1 is 1.56 bits per heavy atom. The van der Waals surface area contributed by atoms with Crippen molar-refractivity contribution in [3.05, 3.63) is 24.0 Å². The van der Waals surface area contributed by atoms with Gasteiger partial charge in [-0.05, 0) is 26.0 Å². The van der Waals surface area contributed by atoms with E-state index in [0.29, 0.717) is 0 Å². The molecule has 0 spiro atoms. The number of hydrogen-bond donors (Lipinski definition) is 2. The summed E-state index contributed by atoms with van der Waals surface area (Å²) in [5.74, 6) is -1.30. The molecule has 0 saturated carbocycles. The minimum Gasteiger partial charge on any atom is -0.508 e. The van der Waals surface area contributed by atoms with Crippen LogP contribution in [0, 0.1) is 5.82 Å². The van der Waals surface area contributed by atoms with Crippen molar-refractivity contribution in [3.63, 3.8) is 0 Å². The molecule has 0 radical (unpaired) electrons. The second kappa shape index (κ2) is 5.46. The monoisotopic (exact) mass is 227 g/mol. The molecule has 1 amide bonds. The van der Waals surface area contributed by atoms with Crippen molar-refractivity contribution in [3.8, 4) is 5.75 Å². The highest BCUT2D eigenvalue weighted by atomic mass is 19.1. The van der Waals surface area contributed by atoms with Gasteiger partial charge in [0.15, 0.2) is 0 Å². The van der Waals surface area contributed by atoms with E-state index in [1.165, 1.54) is 12.1 Å². The molecule has 0 aliphatic carbocycles. The summed E-state index contributed by atoms with van der Waals surface area (Å²) in [5.41, 5.74) is 0.0233. The molecule has 88 valence electrons. The zero-order valence-electron chi connectivity index (χ0n) is 9.16. The summed E-state index contributed by atoms with van der Waals surface area (Å²) >= 11 is 0. The third-order valence-electron chi connectivity index (χ3n) is 1.77. The first kappa shape index (κ1) is 12.4. The first-order chi connectivity index (χ1) is 7.49. The summed E-state index contributed by atoms with van der Waals surface area (Å²) in [6.07, 6.45) is -0.0598. The fourth-order valence-electron chi connectivity index (χ4n) is 1.03. The van der Waals surface area contributed by atoms with E-state index in [1.807, 2.05) is 0 Å². The van der Waals surface area contributed by atoms with E-state index in [0.717, 1.165) is 6.07 Å². The number of amides is 1. The van der Waals surface area contributed by atoms with E-state index < -0.39 is 11.7 Å². The maximum atomic E-state index is 13.2. The Balaban J connectivity index is 2.56. The molecule has 0 unspecified atom stereocenters. The number of ether oxygens (including phenoxy) is 1.